The van der Waals surface area contributed by atoms with E-state index in [1.54, 1.807) is 0 Å². The highest BCUT2D eigenvalue weighted by Gasteiger charge is 2.20. The summed E-state index contributed by atoms with van der Waals surface area (Å²) in [7, 11) is 0. The van der Waals surface area contributed by atoms with E-state index < -0.39 is 0 Å². The maximum Gasteiger partial charge on any atom is 0.181 e. The molecule has 0 N–H and O–H groups in total. The number of oxazole rings is 1. The molecule has 0 radical (unpaired) electrons. The highest BCUT2D eigenvalue weighted by Crippen LogP contribution is 2.45. The van der Waals surface area contributed by atoms with Gasteiger partial charge < -0.3 is 4.42 Å². The normalized spacial score (nSPS) is 11.3. The van der Waals surface area contributed by atoms with Gasteiger partial charge in [0.25, 0.3) is 0 Å². The lowest BCUT2D eigenvalue weighted by Crippen LogP contribution is -1.98. The second kappa shape index (κ2) is 12.2. The fourth-order valence-corrected chi connectivity index (χ4v) is 6.76. The van der Waals surface area contributed by atoms with Gasteiger partial charge in [-0.2, -0.15) is 0 Å². The van der Waals surface area contributed by atoms with Gasteiger partial charge in [0.05, 0.1) is 11.4 Å². The number of hydrogen-bond acceptors (Lipinski definition) is 4. The molecule has 0 aliphatic heterocycles. The lowest BCUT2D eigenvalue weighted by molar-refractivity contribution is 0.602. The van der Waals surface area contributed by atoms with Crippen molar-refractivity contribution < 1.29 is 4.42 Å². The maximum atomic E-state index is 5.55. The molecule has 4 nitrogen and oxygen atoms in total. The van der Waals surface area contributed by atoms with E-state index in [1.165, 1.54) is 11.8 Å². The summed E-state index contributed by atoms with van der Waals surface area (Å²) < 4.78 is 5.55. The van der Waals surface area contributed by atoms with Crippen LogP contribution in [0.1, 0.15) is 0 Å². The highest BCUT2D eigenvalue weighted by molar-refractivity contribution is 6.08. The average Bonchev–Trinajstić information content (AvgIpc) is 3.66. The number of hydrogen-bond donors (Lipinski definition) is 0. The fraction of sp³-hybridized carbons (Fsp3) is 0. The zero-order valence-corrected chi connectivity index (χ0v) is 26.5. The van der Waals surface area contributed by atoms with Gasteiger partial charge in [-0.05, 0) is 62.4 Å². The van der Waals surface area contributed by atoms with Crippen molar-refractivity contribution in [2.24, 2.45) is 0 Å². The molecule has 0 saturated heterocycles. The third kappa shape index (κ3) is 5.26. The molecule has 9 rings (SSSR count). The Morgan fingerprint density at radius 3 is 1.76 bits per heavy atom. The van der Waals surface area contributed by atoms with Gasteiger partial charge in [0.2, 0.25) is 0 Å². The molecule has 0 unspecified atom stereocenters. The molecule has 0 saturated carbocycles. The molecule has 0 amide bonds. The van der Waals surface area contributed by atoms with Crippen LogP contribution in [0.25, 0.3) is 89.2 Å². The Labute approximate surface area is 284 Å². The molecular formula is C45H29N3O. The van der Waals surface area contributed by atoms with Crippen LogP contribution < -0.4 is 0 Å². The third-order valence-electron chi connectivity index (χ3n) is 9.09. The first-order chi connectivity index (χ1) is 24.3. The molecule has 4 heteroatoms. The van der Waals surface area contributed by atoms with Crippen LogP contribution in [0, 0.1) is 0 Å². The standard InChI is InChI=1S/C45H29N3O/c1-3-14-31(15-4-1)40-28-41(32-16-5-2-6-17-32)48-45(47-40)39-22-12-11-21-37(39)44-35-19-8-7-13-30(35)23-25-38(44)36-20-10-9-18-34(36)33-24-26-43-42(27-33)46-29-49-43/h1-29H. The maximum absolute atomic E-state index is 5.55. The van der Waals surface area contributed by atoms with E-state index in [1.807, 2.05) is 42.5 Å². The molecule has 2 heterocycles. The van der Waals surface area contributed by atoms with Gasteiger partial charge in [0.15, 0.2) is 17.8 Å². The third-order valence-corrected chi connectivity index (χ3v) is 9.09. The topological polar surface area (TPSA) is 51.8 Å². The molecule has 0 bridgehead atoms. The van der Waals surface area contributed by atoms with Crippen molar-refractivity contribution in [3.63, 3.8) is 0 Å². The summed E-state index contributed by atoms with van der Waals surface area (Å²) in [5.74, 6) is 0.680. The molecule has 0 fully saturated rings. The zero-order valence-electron chi connectivity index (χ0n) is 26.5. The summed E-state index contributed by atoms with van der Waals surface area (Å²) in [5.41, 5.74) is 13.1. The van der Waals surface area contributed by atoms with Crippen LogP contribution in [0.5, 0.6) is 0 Å². The Morgan fingerprint density at radius 2 is 1.02 bits per heavy atom. The number of benzene rings is 7. The minimum atomic E-state index is 0.680. The van der Waals surface area contributed by atoms with E-state index in [-0.39, 0.29) is 0 Å². The molecule has 49 heavy (non-hydrogen) atoms. The number of rotatable bonds is 6. The second-order valence-corrected chi connectivity index (χ2v) is 12.0. The SMILES string of the molecule is c1ccc(-c2cc(-c3ccccc3)nc(-c3ccccc3-c3c(-c4ccccc4-c4ccc5ocnc5c4)ccc4ccccc34)n2)cc1. The predicted octanol–water partition coefficient (Wildman–Crippen LogP) is 11.8. The van der Waals surface area contributed by atoms with Crippen LogP contribution in [0.15, 0.2) is 181 Å². The lowest BCUT2D eigenvalue weighted by atomic mass is 9.85. The average molecular weight is 628 g/mol. The van der Waals surface area contributed by atoms with E-state index in [4.69, 9.17) is 14.4 Å². The van der Waals surface area contributed by atoms with Crippen LogP contribution in [-0.2, 0) is 0 Å². The van der Waals surface area contributed by atoms with Crippen LogP contribution in [0.3, 0.4) is 0 Å². The van der Waals surface area contributed by atoms with Crippen LogP contribution in [-0.4, -0.2) is 15.0 Å². The van der Waals surface area contributed by atoms with Crippen LogP contribution >= 0.6 is 0 Å². The van der Waals surface area contributed by atoms with Crippen molar-refractivity contribution in [3.8, 4) is 67.3 Å². The Kier molecular flexibility index (Phi) is 7.10. The van der Waals surface area contributed by atoms with Gasteiger partial charge in [-0.3, -0.25) is 0 Å². The van der Waals surface area contributed by atoms with Gasteiger partial charge in [-0.25, -0.2) is 15.0 Å². The molecule has 0 atom stereocenters. The monoisotopic (exact) mass is 627 g/mol. The number of nitrogens with zero attached hydrogens (tertiary/aromatic N) is 3. The van der Waals surface area contributed by atoms with E-state index in [0.717, 1.165) is 77.9 Å². The Bertz CT molecular complexity index is 2550. The summed E-state index contributed by atoms with van der Waals surface area (Å²) in [5, 5.41) is 2.33. The Morgan fingerprint density at radius 1 is 0.408 bits per heavy atom. The smallest absolute Gasteiger partial charge is 0.181 e. The van der Waals surface area contributed by atoms with Gasteiger partial charge in [0, 0.05) is 16.7 Å². The first kappa shape index (κ1) is 28.6. The number of fused-ring (bicyclic) bond motifs is 2. The van der Waals surface area contributed by atoms with E-state index >= 15 is 0 Å². The summed E-state index contributed by atoms with van der Waals surface area (Å²) in [6.45, 7) is 0. The van der Waals surface area contributed by atoms with Crippen molar-refractivity contribution in [1.82, 2.24) is 15.0 Å². The molecule has 0 aliphatic carbocycles. The van der Waals surface area contributed by atoms with Gasteiger partial charge in [-0.15, -0.1) is 0 Å². The molecule has 9 aromatic rings. The molecule has 230 valence electrons. The molecular weight excluding hydrogens is 599 g/mol. The zero-order chi connectivity index (χ0) is 32.6. The molecule has 0 spiro atoms. The molecule has 2 aromatic heterocycles. The van der Waals surface area contributed by atoms with E-state index in [9.17, 15) is 0 Å². The highest BCUT2D eigenvalue weighted by atomic mass is 16.3. The van der Waals surface area contributed by atoms with Gasteiger partial charge in [-0.1, -0.05) is 152 Å². The molecule has 7 aromatic carbocycles. The van der Waals surface area contributed by atoms with Crippen molar-refractivity contribution in [3.05, 3.63) is 176 Å². The first-order valence-electron chi connectivity index (χ1n) is 16.3. The van der Waals surface area contributed by atoms with Crippen molar-refractivity contribution in [2.75, 3.05) is 0 Å². The lowest BCUT2D eigenvalue weighted by Gasteiger charge is -2.19. The largest absolute Gasteiger partial charge is 0.443 e. The van der Waals surface area contributed by atoms with Crippen molar-refractivity contribution in [1.29, 1.82) is 0 Å². The second-order valence-electron chi connectivity index (χ2n) is 12.0. The minimum absolute atomic E-state index is 0.680. The quantitative estimate of drug-likeness (QED) is 0.184. The van der Waals surface area contributed by atoms with Gasteiger partial charge >= 0.3 is 0 Å². The predicted molar refractivity (Wildman–Crippen MR) is 200 cm³/mol. The van der Waals surface area contributed by atoms with E-state index in [2.05, 4.69) is 132 Å². The van der Waals surface area contributed by atoms with Crippen molar-refractivity contribution >= 4 is 21.9 Å². The summed E-state index contributed by atoms with van der Waals surface area (Å²) >= 11 is 0. The Balaban J connectivity index is 1.30. The summed E-state index contributed by atoms with van der Waals surface area (Å²) in [6, 6.07) is 59.1. The van der Waals surface area contributed by atoms with E-state index in [0.29, 0.717) is 5.82 Å². The number of aromatic nitrogens is 3. The first-order valence-corrected chi connectivity index (χ1v) is 16.3. The minimum Gasteiger partial charge on any atom is -0.443 e. The van der Waals surface area contributed by atoms with Crippen molar-refractivity contribution in [2.45, 2.75) is 0 Å². The molecule has 0 aliphatic rings. The van der Waals surface area contributed by atoms with Gasteiger partial charge in [0.1, 0.15) is 5.52 Å². The fourth-order valence-electron chi connectivity index (χ4n) is 6.76. The summed E-state index contributed by atoms with van der Waals surface area (Å²) in [6.07, 6.45) is 1.50. The Hall–Kier alpha value is -6.65. The van der Waals surface area contributed by atoms with Crippen LogP contribution in [0.4, 0.5) is 0 Å². The van der Waals surface area contributed by atoms with Crippen LogP contribution in [0.2, 0.25) is 0 Å². The summed E-state index contributed by atoms with van der Waals surface area (Å²) in [4.78, 5) is 14.9.